The van der Waals surface area contributed by atoms with Crippen molar-refractivity contribution in [3.8, 4) is 0 Å². The monoisotopic (exact) mass is 400 g/mol. The van der Waals surface area contributed by atoms with Gasteiger partial charge in [0.2, 0.25) is 5.91 Å². The maximum atomic E-state index is 12.7. The van der Waals surface area contributed by atoms with E-state index in [2.05, 4.69) is 4.98 Å². The molecule has 1 amide bonds. The minimum atomic E-state index is -0.528. The van der Waals surface area contributed by atoms with Crippen LogP contribution in [0.3, 0.4) is 0 Å². The third-order valence-electron chi connectivity index (χ3n) is 5.38. The van der Waals surface area contributed by atoms with E-state index in [0.717, 1.165) is 29.4 Å². The summed E-state index contributed by atoms with van der Waals surface area (Å²) < 4.78 is 1.83. The van der Waals surface area contributed by atoms with Crippen LogP contribution in [0, 0.1) is 0 Å². The fraction of sp³-hybridized carbons (Fsp3) is 0.333. The zero-order chi connectivity index (χ0) is 18.8. The molecule has 1 aromatic heterocycles. The molecule has 7 heteroatoms. The van der Waals surface area contributed by atoms with Crippen molar-refractivity contribution >= 4 is 29.3 Å². The maximum Gasteiger partial charge on any atom is 0.326 e. The second kappa shape index (κ2) is 8.63. The normalized spacial score (nSPS) is 16.0. The Bertz CT molecular complexity index is 990. The number of nitrogens with zero attached hydrogens (tertiary/aromatic N) is 2. The first-order chi connectivity index (χ1) is 13.1. The van der Waals surface area contributed by atoms with Gasteiger partial charge in [0.1, 0.15) is 0 Å². The number of carbonyl (C=O) groups is 1. The van der Waals surface area contributed by atoms with Crippen LogP contribution >= 0.6 is 12.4 Å². The fourth-order valence-electron chi connectivity index (χ4n) is 3.97. The van der Waals surface area contributed by atoms with Crippen LogP contribution < -0.4 is 11.4 Å². The molecule has 2 aromatic carbocycles. The summed E-state index contributed by atoms with van der Waals surface area (Å²) in [5, 5.41) is 0. The molecule has 0 spiro atoms. The summed E-state index contributed by atoms with van der Waals surface area (Å²) in [6.07, 6.45) is 2.05. The van der Waals surface area contributed by atoms with Crippen LogP contribution in [-0.2, 0) is 11.2 Å². The van der Waals surface area contributed by atoms with Gasteiger partial charge in [-0.25, -0.2) is 4.79 Å². The smallest absolute Gasteiger partial charge is 0.326 e. The number of aromatic nitrogens is 2. The molecule has 0 saturated carbocycles. The summed E-state index contributed by atoms with van der Waals surface area (Å²) in [4.78, 5) is 29.8. The number of carbonyl (C=O) groups excluding carboxylic acids is 1. The number of benzene rings is 2. The minimum absolute atomic E-state index is 0. The molecule has 0 bridgehead atoms. The van der Waals surface area contributed by atoms with Gasteiger partial charge >= 0.3 is 5.69 Å². The molecule has 1 fully saturated rings. The van der Waals surface area contributed by atoms with Gasteiger partial charge in [-0.05, 0) is 37.0 Å². The number of halogens is 1. The first-order valence-corrected chi connectivity index (χ1v) is 9.41. The highest BCUT2D eigenvalue weighted by atomic mass is 35.5. The lowest BCUT2D eigenvalue weighted by Gasteiger charge is -2.34. The molecule has 0 radical (unpaired) electrons. The van der Waals surface area contributed by atoms with Gasteiger partial charge in [0.15, 0.2) is 0 Å². The summed E-state index contributed by atoms with van der Waals surface area (Å²) in [5.41, 5.74) is 8.92. The number of rotatable bonds is 4. The van der Waals surface area contributed by atoms with Gasteiger partial charge in [-0.15, -0.1) is 12.4 Å². The zero-order valence-corrected chi connectivity index (χ0v) is 16.4. The van der Waals surface area contributed by atoms with Crippen LogP contribution in [0.1, 0.15) is 24.4 Å². The molecule has 3 N–H and O–H groups in total. The van der Waals surface area contributed by atoms with Gasteiger partial charge in [0.25, 0.3) is 0 Å². The van der Waals surface area contributed by atoms with Crippen molar-refractivity contribution in [2.75, 3.05) is 13.1 Å². The van der Waals surface area contributed by atoms with Crippen molar-refractivity contribution in [3.05, 3.63) is 70.6 Å². The third kappa shape index (κ3) is 3.98. The first-order valence-electron chi connectivity index (χ1n) is 9.41. The van der Waals surface area contributed by atoms with Gasteiger partial charge in [-0.3, -0.25) is 9.36 Å². The van der Waals surface area contributed by atoms with Crippen LogP contribution in [-0.4, -0.2) is 39.5 Å². The van der Waals surface area contributed by atoms with Crippen LogP contribution in [0.25, 0.3) is 11.0 Å². The maximum absolute atomic E-state index is 12.7. The number of likely N-dealkylation sites (tertiary alicyclic amines) is 1. The van der Waals surface area contributed by atoms with E-state index in [1.807, 2.05) is 64.1 Å². The standard InChI is InChI=1S/C21H24N4O2.ClH/c22-17(14-15-6-2-1-3-7-15)20(26)24-12-10-16(11-13-24)25-19-9-5-4-8-18(19)23-21(25)27;/h1-9,16-17H,10-14,22H2,(H,23,27);1H. The number of piperidine rings is 1. The van der Waals surface area contributed by atoms with Gasteiger partial charge in [-0.2, -0.15) is 0 Å². The fourth-order valence-corrected chi connectivity index (χ4v) is 3.97. The Labute approximate surface area is 169 Å². The summed E-state index contributed by atoms with van der Waals surface area (Å²) >= 11 is 0. The molecular formula is C21H25ClN4O2. The SMILES string of the molecule is Cl.NC(Cc1ccccc1)C(=O)N1CCC(n2c(=O)[nH]c3ccccc32)CC1. The van der Waals surface area contributed by atoms with Crippen molar-refractivity contribution in [1.82, 2.24) is 14.5 Å². The summed E-state index contributed by atoms with van der Waals surface area (Å²) in [7, 11) is 0. The number of aromatic amines is 1. The third-order valence-corrected chi connectivity index (χ3v) is 5.38. The minimum Gasteiger partial charge on any atom is -0.341 e. The Hall–Kier alpha value is -2.57. The zero-order valence-electron chi connectivity index (χ0n) is 15.6. The molecule has 1 aliphatic rings. The molecule has 28 heavy (non-hydrogen) atoms. The molecular weight excluding hydrogens is 376 g/mol. The highest BCUT2D eigenvalue weighted by molar-refractivity contribution is 5.85. The quantitative estimate of drug-likeness (QED) is 0.705. The van der Waals surface area contributed by atoms with E-state index < -0.39 is 6.04 Å². The summed E-state index contributed by atoms with van der Waals surface area (Å²) in [6.45, 7) is 1.25. The van der Waals surface area contributed by atoms with Gasteiger partial charge in [0.05, 0.1) is 17.1 Å². The number of nitrogens with one attached hydrogen (secondary N) is 1. The highest BCUT2D eigenvalue weighted by Gasteiger charge is 2.28. The average molecular weight is 401 g/mol. The first kappa shape index (κ1) is 20.2. The second-order valence-electron chi connectivity index (χ2n) is 7.17. The molecule has 0 aliphatic carbocycles. The van der Waals surface area contributed by atoms with Gasteiger partial charge < -0.3 is 15.6 Å². The second-order valence-corrected chi connectivity index (χ2v) is 7.17. The molecule has 2 heterocycles. The molecule has 1 aliphatic heterocycles. The average Bonchev–Trinajstić information content (AvgIpc) is 3.04. The van der Waals surface area contributed by atoms with Crippen molar-refractivity contribution in [2.45, 2.75) is 31.3 Å². The number of nitrogens with two attached hydrogens (primary N) is 1. The largest absolute Gasteiger partial charge is 0.341 e. The van der Waals surface area contributed by atoms with E-state index in [-0.39, 0.29) is 30.0 Å². The predicted octanol–water partition coefficient (Wildman–Crippen LogP) is 2.48. The Morgan fingerprint density at radius 3 is 2.43 bits per heavy atom. The van der Waals surface area contributed by atoms with Crippen LogP contribution in [0.2, 0.25) is 0 Å². The van der Waals surface area contributed by atoms with E-state index in [0.29, 0.717) is 19.5 Å². The van der Waals surface area contributed by atoms with Crippen LogP contribution in [0.15, 0.2) is 59.4 Å². The van der Waals surface area contributed by atoms with Gasteiger partial charge in [-0.1, -0.05) is 42.5 Å². The molecule has 1 unspecified atom stereocenters. The van der Waals surface area contributed by atoms with Crippen molar-refractivity contribution in [1.29, 1.82) is 0 Å². The molecule has 6 nitrogen and oxygen atoms in total. The number of hydrogen-bond donors (Lipinski definition) is 2. The number of imidazole rings is 1. The van der Waals surface area contributed by atoms with E-state index in [1.165, 1.54) is 0 Å². The Kier molecular flexibility index (Phi) is 6.21. The molecule has 1 atom stereocenters. The Balaban J connectivity index is 0.00000225. The Morgan fingerprint density at radius 1 is 1.07 bits per heavy atom. The molecule has 148 valence electrons. The van der Waals surface area contributed by atoms with Gasteiger partial charge in [0, 0.05) is 19.1 Å². The van der Waals surface area contributed by atoms with Crippen molar-refractivity contribution in [2.24, 2.45) is 5.73 Å². The van der Waals surface area contributed by atoms with E-state index in [1.54, 1.807) is 0 Å². The number of para-hydroxylation sites is 2. The highest BCUT2D eigenvalue weighted by Crippen LogP contribution is 2.25. The number of H-pyrrole nitrogens is 1. The van der Waals surface area contributed by atoms with Crippen molar-refractivity contribution in [3.63, 3.8) is 0 Å². The van der Waals surface area contributed by atoms with Crippen LogP contribution in [0.4, 0.5) is 0 Å². The van der Waals surface area contributed by atoms with E-state index >= 15 is 0 Å². The lowest BCUT2D eigenvalue weighted by Crippen LogP contribution is -2.48. The Morgan fingerprint density at radius 2 is 1.71 bits per heavy atom. The lowest BCUT2D eigenvalue weighted by atomic mass is 10.0. The van der Waals surface area contributed by atoms with E-state index in [4.69, 9.17) is 5.73 Å². The topological polar surface area (TPSA) is 84.1 Å². The lowest BCUT2D eigenvalue weighted by molar-refractivity contribution is -0.133. The molecule has 3 aromatic rings. The number of amides is 1. The van der Waals surface area contributed by atoms with Crippen molar-refractivity contribution < 1.29 is 4.79 Å². The summed E-state index contributed by atoms with van der Waals surface area (Å²) in [6, 6.07) is 17.1. The summed E-state index contributed by atoms with van der Waals surface area (Å²) in [5.74, 6) is -0.0106. The molecule has 4 rings (SSSR count). The predicted molar refractivity (Wildman–Crippen MR) is 113 cm³/mol. The van der Waals surface area contributed by atoms with Crippen LogP contribution in [0.5, 0.6) is 0 Å². The molecule has 1 saturated heterocycles. The number of hydrogen-bond acceptors (Lipinski definition) is 3. The van der Waals surface area contributed by atoms with E-state index in [9.17, 15) is 9.59 Å². The number of fused-ring (bicyclic) bond motifs is 1.